The van der Waals surface area contributed by atoms with Crippen LogP contribution in [0.1, 0.15) is 37.6 Å². The van der Waals surface area contributed by atoms with Gasteiger partial charge in [0.05, 0.1) is 0 Å². The lowest BCUT2D eigenvalue weighted by molar-refractivity contribution is -0.139. The van der Waals surface area contributed by atoms with Crippen LogP contribution in [-0.4, -0.2) is 22.1 Å². The van der Waals surface area contributed by atoms with E-state index in [0.717, 1.165) is 12.1 Å². The number of carboxylic acid groups (broad SMARTS) is 1. The van der Waals surface area contributed by atoms with Crippen LogP contribution >= 0.6 is 0 Å². The Labute approximate surface area is 95.7 Å². The van der Waals surface area contributed by atoms with Gasteiger partial charge in [0.15, 0.2) is 0 Å². The number of nitrogens with one attached hydrogen (secondary N) is 1. The van der Waals surface area contributed by atoms with Crippen LogP contribution in [-0.2, 0) is 4.79 Å². The molecule has 0 spiro atoms. The number of carboxylic acids is 1. The van der Waals surface area contributed by atoms with E-state index in [1.165, 1.54) is 0 Å². The minimum absolute atomic E-state index is 0.169. The summed E-state index contributed by atoms with van der Waals surface area (Å²) in [6.45, 7) is 5.86. The third-order valence-electron chi connectivity index (χ3n) is 2.58. The van der Waals surface area contributed by atoms with E-state index >= 15 is 0 Å². The topological polar surface area (TPSA) is 62.2 Å². The van der Waals surface area contributed by atoms with Crippen molar-refractivity contribution in [2.24, 2.45) is 0 Å². The molecule has 16 heavy (non-hydrogen) atoms. The molecule has 0 aliphatic rings. The maximum atomic E-state index is 11.1. The quantitative estimate of drug-likeness (QED) is 0.798. The molecular weight excluding hydrogens is 204 g/mol. The van der Waals surface area contributed by atoms with Gasteiger partial charge < -0.3 is 5.11 Å². The van der Waals surface area contributed by atoms with E-state index in [1.54, 1.807) is 12.3 Å². The van der Waals surface area contributed by atoms with Gasteiger partial charge >= 0.3 is 5.97 Å². The van der Waals surface area contributed by atoms with Crippen molar-refractivity contribution in [1.29, 1.82) is 0 Å². The van der Waals surface area contributed by atoms with E-state index in [9.17, 15) is 4.79 Å². The van der Waals surface area contributed by atoms with Gasteiger partial charge in [-0.05, 0) is 31.9 Å². The Morgan fingerprint density at radius 1 is 1.56 bits per heavy atom. The Kier molecular flexibility index (Phi) is 4.43. The van der Waals surface area contributed by atoms with Crippen LogP contribution in [0.15, 0.2) is 18.3 Å². The fourth-order valence-electron chi connectivity index (χ4n) is 1.36. The van der Waals surface area contributed by atoms with Crippen molar-refractivity contribution in [1.82, 2.24) is 10.3 Å². The molecule has 0 radical (unpaired) electrons. The second-order valence-electron chi connectivity index (χ2n) is 3.98. The summed E-state index contributed by atoms with van der Waals surface area (Å²) in [6, 6.07) is 3.12. The van der Waals surface area contributed by atoms with Crippen molar-refractivity contribution >= 4 is 5.97 Å². The fourth-order valence-corrected chi connectivity index (χ4v) is 1.36. The van der Waals surface area contributed by atoms with E-state index in [4.69, 9.17) is 5.11 Å². The number of nitrogens with zero attached hydrogens (tertiary/aromatic N) is 1. The summed E-state index contributed by atoms with van der Waals surface area (Å²) in [5.74, 6) is -0.869. The van der Waals surface area contributed by atoms with Crippen molar-refractivity contribution < 1.29 is 9.90 Å². The van der Waals surface area contributed by atoms with Gasteiger partial charge in [-0.15, -0.1) is 0 Å². The zero-order valence-electron chi connectivity index (χ0n) is 9.90. The third kappa shape index (κ3) is 3.31. The molecule has 2 unspecified atom stereocenters. The predicted octanol–water partition coefficient (Wildman–Crippen LogP) is 1.90. The molecule has 88 valence electrons. The summed E-state index contributed by atoms with van der Waals surface area (Å²) in [7, 11) is 0. The number of carbonyl (C=O) groups is 1. The van der Waals surface area contributed by atoms with Crippen LogP contribution in [0, 0.1) is 6.92 Å². The second-order valence-corrected chi connectivity index (χ2v) is 3.98. The molecule has 4 nitrogen and oxygen atoms in total. The molecule has 1 heterocycles. The molecule has 1 rings (SSSR count). The molecule has 0 aliphatic heterocycles. The average Bonchev–Trinajstić information content (AvgIpc) is 2.26. The maximum absolute atomic E-state index is 11.1. The van der Waals surface area contributed by atoms with Crippen molar-refractivity contribution in [3.05, 3.63) is 29.6 Å². The van der Waals surface area contributed by atoms with E-state index < -0.39 is 12.0 Å². The standard InChI is InChI=1S/C12H18N2O2/c1-4-8(2)14-11(12(15)16)10-6-5-9(3)13-7-10/h5-8,11,14H,4H2,1-3H3,(H,15,16). The zero-order valence-corrected chi connectivity index (χ0v) is 9.90. The Hall–Kier alpha value is -1.42. The summed E-state index contributed by atoms with van der Waals surface area (Å²) in [5.41, 5.74) is 1.58. The number of aliphatic carboxylic acids is 1. The fraction of sp³-hybridized carbons (Fsp3) is 0.500. The number of pyridine rings is 1. The lowest BCUT2D eigenvalue weighted by atomic mass is 10.1. The lowest BCUT2D eigenvalue weighted by Crippen LogP contribution is -2.35. The molecule has 2 N–H and O–H groups in total. The maximum Gasteiger partial charge on any atom is 0.325 e. The lowest BCUT2D eigenvalue weighted by Gasteiger charge is -2.19. The molecule has 0 amide bonds. The highest BCUT2D eigenvalue weighted by molar-refractivity contribution is 5.75. The van der Waals surface area contributed by atoms with Crippen LogP contribution in [0.3, 0.4) is 0 Å². The highest BCUT2D eigenvalue weighted by Crippen LogP contribution is 2.13. The molecule has 0 bridgehead atoms. The third-order valence-corrected chi connectivity index (χ3v) is 2.58. The van der Waals surface area contributed by atoms with E-state index in [0.29, 0.717) is 5.56 Å². The van der Waals surface area contributed by atoms with E-state index in [-0.39, 0.29) is 6.04 Å². The van der Waals surface area contributed by atoms with Gasteiger partial charge in [-0.25, -0.2) is 0 Å². The molecule has 0 saturated carbocycles. The first-order valence-electron chi connectivity index (χ1n) is 5.46. The minimum Gasteiger partial charge on any atom is -0.480 e. The Balaban J connectivity index is 2.85. The van der Waals surface area contributed by atoms with Gasteiger partial charge in [-0.3, -0.25) is 15.1 Å². The smallest absolute Gasteiger partial charge is 0.325 e. The summed E-state index contributed by atoms with van der Waals surface area (Å²) in [6.07, 6.45) is 2.51. The van der Waals surface area contributed by atoms with Gasteiger partial charge in [0, 0.05) is 17.9 Å². The van der Waals surface area contributed by atoms with Crippen molar-refractivity contribution in [2.45, 2.75) is 39.3 Å². The van der Waals surface area contributed by atoms with Crippen molar-refractivity contribution in [3.8, 4) is 0 Å². The van der Waals surface area contributed by atoms with Crippen molar-refractivity contribution in [2.75, 3.05) is 0 Å². The van der Waals surface area contributed by atoms with Gasteiger partial charge in [0.1, 0.15) is 6.04 Å². The Bertz CT molecular complexity index is 349. The van der Waals surface area contributed by atoms with Gasteiger partial charge in [-0.1, -0.05) is 13.0 Å². The Morgan fingerprint density at radius 3 is 2.69 bits per heavy atom. The average molecular weight is 222 g/mol. The van der Waals surface area contributed by atoms with Crippen LogP contribution in [0.2, 0.25) is 0 Å². The number of aryl methyl sites for hydroxylation is 1. The second kappa shape index (κ2) is 5.61. The van der Waals surface area contributed by atoms with Crippen LogP contribution in [0.25, 0.3) is 0 Å². The molecule has 0 aromatic carbocycles. The number of rotatable bonds is 5. The first-order chi connectivity index (χ1) is 7.54. The van der Waals surface area contributed by atoms with Gasteiger partial charge in [0.25, 0.3) is 0 Å². The molecule has 0 saturated heterocycles. The highest BCUT2D eigenvalue weighted by atomic mass is 16.4. The van der Waals surface area contributed by atoms with Crippen LogP contribution in [0.4, 0.5) is 0 Å². The molecular formula is C12H18N2O2. The van der Waals surface area contributed by atoms with Gasteiger partial charge in [-0.2, -0.15) is 0 Å². The number of hydrogen-bond acceptors (Lipinski definition) is 3. The largest absolute Gasteiger partial charge is 0.480 e. The van der Waals surface area contributed by atoms with Crippen molar-refractivity contribution in [3.63, 3.8) is 0 Å². The van der Waals surface area contributed by atoms with E-state index in [2.05, 4.69) is 10.3 Å². The normalized spacial score (nSPS) is 14.4. The van der Waals surface area contributed by atoms with Gasteiger partial charge in [0.2, 0.25) is 0 Å². The molecule has 1 aromatic heterocycles. The van der Waals surface area contributed by atoms with Crippen LogP contribution in [0.5, 0.6) is 0 Å². The summed E-state index contributed by atoms with van der Waals surface area (Å²) in [4.78, 5) is 15.3. The molecule has 0 fully saturated rings. The first-order valence-corrected chi connectivity index (χ1v) is 5.46. The molecule has 1 aromatic rings. The highest BCUT2D eigenvalue weighted by Gasteiger charge is 2.21. The summed E-state index contributed by atoms with van der Waals surface area (Å²) < 4.78 is 0. The summed E-state index contributed by atoms with van der Waals surface area (Å²) in [5, 5.41) is 12.2. The minimum atomic E-state index is -0.869. The number of hydrogen-bond donors (Lipinski definition) is 2. The monoisotopic (exact) mass is 222 g/mol. The molecule has 4 heteroatoms. The Morgan fingerprint density at radius 2 is 2.25 bits per heavy atom. The van der Waals surface area contributed by atoms with E-state index in [1.807, 2.05) is 26.8 Å². The number of aromatic nitrogens is 1. The van der Waals surface area contributed by atoms with Crippen LogP contribution < -0.4 is 5.32 Å². The summed E-state index contributed by atoms with van der Waals surface area (Å²) >= 11 is 0. The molecule has 0 aliphatic carbocycles. The molecule has 2 atom stereocenters. The first kappa shape index (κ1) is 12.6. The predicted molar refractivity (Wildman–Crippen MR) is 62.2 cm³/mol. The zero-order chi connectivity index (χ0) is 12.1. The SMILES string of the molecule is CCC(C)NC(C(=O)O)c1ccc(C)nc1.